The van der Waals surface area contributed by atoms with Gasteiger partial charge in [0.25, 0.3) is 10.2 Å². The summed E-state index contributed by atoms with van der Waals surface area (Å²) < 4.78 is 28.6. The Labute approximate surface area is 129 Å². The van der Waals surface area contributed by atoms with Gasteiger partial charge in [-0.1, -0.05) is 13.8 Å². The summed E-state index contributed by atoms with van der Waals surface area (Å²) in [6.45, 7) is 7.28. The van der Waals surface area contributed by atoms with E-state index in [1.165, 1.54) is 11.3 Å². The van der Waals surface area contributed by atoms with Gasteiger partial charge >= 0.3 is 0 Å². The van der Waals surface area contributed by atoms with E-state index in [0.29, 0.717) is 11.6 Å². The fraction of sp³-hybridized carbons (Fsp3) is 0.667. The molecular formula is C12H22N4O3S2. The summed E-state index contributed by atoms with van der Waals surface area (Å²) in [7, 11) is -3.73. The molecule has 1 aromatic rings. The van der Waals surface area contributed by atoms with Gasteiger partial charge in [0.15, 0.2) is 5.13 Å². The average Bonchev–Trinajstić information content (AvgIpc) is 2.77. The quantitative estimate of drug-likeness (QED) is 0.667. The topological polar surface area (TPSA) is 100 Å². The third-order valence-electron chi connectivity index (χ3n) is 2.37. The summed E-state index contributed by atoms with van der Waals surface area (Å²) >= 11 is 1.28. The van der Waals surface area contributed by atoms with E-state index >= 15 is 0 Å². The van der Waals surface area contributed by atoms with Crippen molar-refractivity contribution in [2.75, 3.05) is 5.32 Å². The number of hydrogen-bond acceptors (Lipinski definition) is 5. The van der Waals surface area contributed by atoms with Gasteiger partial charge in [-0.15, -0.1) is 11.3 Å². The summed E-state index contributed by atoms with van der Waals surface area (Å²) in [4.78, 5) is 16.2. The predicted molar refractivity (Wildman–Crippen MR) is 84.3 cm³/mol. The molecule has 7 nitrogen and oxygen atoms in total. The summed E-state index contributed by atoms with van der Waals surface area (Å²) in [6.07, 6.45) is 1.97. The van der Waals surface area contributed by atoms with E-state index in [0.717, 1.165) is 0 Å². The minimum Gasteiger partial charge on any atom is -0.301 e. The Morgan fingerprint density at radius 1 is 1.29 bits per heavy atom. The van der Waals surface area contributed by atoms with E-state index in [4.69, 9.17) is 0 Å². The van der Waals surface area contributed by atoms with Crippen LogP contribution in [-0.4, -0.2) is 31.4 Å². The molecule has 1 unspecified atom stereocenters. The lowest BCUT2D eigenvalue weighted by Gasteiger charge is -2.20. The first-order valence-corrected chi connectivity index (χ1v) is 9.06. The highest BCUT2D eigenvalue weighted by atomic mass is 32.2. The molecule has 0 spiro atoms. The van der Waals surface area contributed by atoms with Crippen molar-refractivity contribution in [1.29, 1.82) is 0 Å². The zero-order valence-corrected chi connectivity index (χ0v) is 14.2. The van der Waals surface area contributed by atoms with Crippen molar-refractivity contribution in [3.63, 3.8) is 0 Å². The molecule has 1 aromatic heterocycles. The number of nitrogens with one attached hydrogen (secondary N) is 3. The van der Waals surface area contributed by atoms with Gasteiger partial charge in [0.05, 0.1) is 0 Å². The van der Waals surface area contributed by atoms with Crippen LogP contribution in [0.2, 0.25) is 0 Å². The maximum atomic E-state index is 12.2. The van der Waals surface area contributed by atoms with Crippen LogP contribution in [-0.2, 0) is 15.0 Å². The number of rotatable bonds is 8. The highest BCUT2D eigenvalue weighted by Crippen LogP contribution is 2.13. The molecule has 0 fully saturated rings. The molecule has 0 aliphatic rings. The summed E-state index contributed by atoms with van der Waals surface area (Å²) in [5, 5.41) is 4.80. The number of hydrogen-bond donors (Lipinski definition) is 3. The SMILES string of the molecule is CC(C)CC(NS(=O)(=O)NC(C)C)C(=O)Nc1nccs1. The monoisotopic (exact) mass is 334 g/mol. The van der Waals surface area contributed by atoms with Crippen molar-refractivity contribution >= 4 is 32.6 Å². The van der Waals surface area contributed by atoms with E-state index in [2.05, 4.69) is 19.7 Å². The van der Waals surface area contributed by atoms with Gasteiger partial charge in [0.2, 0.25) is 5.91 Å². The van der Waals surface area contributed by atoms with Gasteiger partial charge in [-0.25, -0.2) is 4.98 Å². The van der Waals surface area contributed by atoms with Crippen LogP contribution in [0.3, 0.4) is 0 Å². The van der Waals surface area contributed by atoms with Crippen molar-refractivity contribution < 1.29 is 13.2 Å². The first-order chi connectivity index (χ1) is 9.69. The van der Waals surface area contributed by atoms with Crippen LogP contribution in [0.15, 0.2) is 11.6 Å². The van der Waals surface area contributed by atoms with Gasteiger partial charge in [-0.05, 0) is 26.2 Å². The molecule has 0 saturated carbocycles. The van der Waals surface area contributed by atoms with E-state index in [-0.39, 0.29) is 12.0 Å². The van der Waals surface area contributed by atoms with Crippen LogP contribution < -0.4 is 14.8 Å². The fourth-order valence-corrected chi connectivity index (χ4v) is 3.49. The number of amides is 1. The maximum absolute atomic E-state index is 12.2. The number of nitrogens with zero attached hydrogens (tertiary/aromatic N) is 1. The molecule has 9 heteroatoms. The van der Waals surface area contributed by atoms with Crippen molar-refractivity contribution in [3.8, 4) is 0 Å². The molecule has 0 aromatic carbocycles. The van der Waals surface area contributed by atoms with Crippen molar-refractivity contribution in [2.24, 2.45) is 5.92 Å². The minimum absolute atomic E-state index is 0.166. The number of thiazole rings is 1. The first-order valence-electron chi connectivity index (χ1n) is 6.69. The molecule has 0 saturated heterocycles. The van der Waals surface area contributed by atoms with Gasteiger partial charge in [-0.3, -0.25) is 4.79 Å². The van der Waals surface area contributed by atoms with Crippen LogP contribution in [0.25, 0.3) is 0 Å². The second-order valence-electron chi connectivity index (χ2n) is 5.40. The zero-order chi connectivity index (χ0) is 16.0. The Morgan fingerprint density at radius 3 is 2.43 bits per heavy atom. The average molecular weight is 334 g/mol. The molecule has 0 radical (unpaired) electrons. The Bertz CT molecular complexity index is 541. The normalized spacial score (nSPS) is 13.6. The lowest BCUT2D eigenvalue weighted by molar-refractivity contribution is -0.118. The molecular weight excluding hydrogens is 312 g/mol. The number of anilines is 1. The maximum Gasteiger partial charge on any atom is 0.277 e. The molecule has 21 heavy (non-hydrogen) atoms. The van der Waals surface area contributed by atoms with Gasteiger partial charge in [0, 0.05) is 17.6 Å². The Hall–Kier alpha value is -1.03. The second-order valence-corrected chi connectivity index (χ2v) is 7.78. The largest absolute Gasteiger partial charge is 0.301 e. The number of aromatic nitrogens is 1. The molecule has 3 N–H and O–H groups in total. The van der Waals surface area contributed by atoms with Crippen molar-refractivity contribution in [2.45, 2.75) is 46.2 Å². The molecule has 1 heterocycles. The smallest absolute Gasteiger partial charge is 0.277 e. The summed E-state index contributed by atoms with van der Waals surface area (Å²) in [5.41, 5.74) is 0. The molecule has 120 valence electrons. The number of carbonyl (C=O) groups excluding carboxylic acids is 1. The number of carbonyl (C=O) groups is 1. The van der Waals surface area contributed by atoms with E-state index in [9.17, 15) is 13.2 Å². The summed E-state index contributed by atoms with van der Waals surface area (Å²) in [5.74, 6) is -0.244. The van der Waals surface area contributed by atoms with Gasteiger partial charge in [0.1, 0.15) is 6.04 Å². The zero-order valence-electron chi connectivity index (χ0n) is 12.6. The molecule has 0 bridgehead atoms. The minimum atomic E-state index is -3.73. The van der Waals surface area contributed by atoms with Crippen molar-refractivity contribution in [3.05, 3.63) is 11.6 Å². The van der Waals surface area contributed by atoms with Crippen LogP contribution in [0, 0.1) is 5.92 Å². The Kier molecular flexibility index (Phi) is 6.72. The Balaban J connectivity index is 2.77. The third kappa shape index (κ3) is 6.98. The highest BCUT2D eigenvalue weighted by Gasteiger charge is 2.26. The van der Waals surface area contributed by atoms with Crippen LogP contribution in [0.5, 0.6) is 0 Å². The molecule has 1 amide bonds. The van der Waals surface area contributed by atoms with Crippen LogP contribution >= 0.6 is 11.3 Å². The first kappa shape index (κ1) is 18.0. The highest BCUT2D eigenvalue weighted by molar-refractivity contribution is 7.87. The van der Waals surface area contributed by atoms with Gasteiger partial charge in [-0.2, -0.15) is 17.9 Å². The lowest BCUT2D eigenvalue weighted by atomic mass is 10.0. The fourth-order valence-electron chi connectivity index (χ4n) is 1.69. The standard InChI is InChI=1S/C12H22N4O3S2/c1-8(2)7-10(16-21(18,19)15-9(3)4)11(17)14-12-13-5-6-20-12/h5-6,8-10,15-16H,7H2,1-4H3,(H,13,14,17). The molecule has 0 aliphatic heterocycles. The van der Waals surface area contributed by atoms with Gasteiger partial charge < -0.3 is 5.32 Å². The lowest BCUT2D eigenvalue weighted by Crippen LogP contribution is -2.50. The van der Waals surface area contributed by atoms with E-state index in [1.807, 2.05) is 13.8 Å². The third-order valence-corrected chi connectivity index (χ3v) is 4.44. The second kappa shape index (κ2) is 7.83. The van der Waals surface area contributed by atoms with Crippen LogP contribution in [0.4, 0.5) is 5.13 Å². The molecule has 1 rings (SSSR count). The van der Waals surface area contributed by atoms with E-state index < -0.39 is 22.2 Å². The van der Waals surface area contributed by atoms with Crippen molar-refractivity contribution in [1.82, 2.24) is 14.4 Å². The predicted octanol–water partition coefficient (Wildman–Crippen LogP) is 1.33. The Morgan fingerprint density at radius 2 is 1.95 bits per heavy atom. The van der Waals surface area contributed by atoms with Crippen LogP contribution in [0.1, 0.15) is 34.1 Å². The molecule has 1 atom stereocenters. The van der Waals surface area contributed by atoms with E-state index in [1.54, 1.807) is 25.4 Å². The molecule has 0 aliphatic carbocycles. The summed E-state index contributed by atoms with van der Waals surface area (Å²) in [6, 6.07) is -1.09.